The number of ether oxygens (including phenoxy) is 2. The second kappa shape index (κ2) is 6.60. The first-order valence-corrected chi connectivity index (χ1v) is 5.40. The van der Waals surface area contributed by atoms with Gasteiger partial charge in [0.25, 0.3) is 5.91 Å². The van der Waals surface area contributed by atoms with Crippen molar-refractivity contribution in [3.05, 3.63) is 23.8 Å². The lowest BCUT2D eigenvalue weighted by atomic mass is 10.1. The van der Waals surface area contributed by atoms with Gasteiger partial charge in [-0.25, -0.2) is 4.79 Å². The molecule has 0 aromatic heterocycles. The van der Waals surface area contributed by atoms with Gasteiger partial charge in [0.2, 0.25) is 0 Å². The van der Waals surface area contributed by atoms with Crippen molar-refractivity contribution in [3.63, 3.8) is 0 Å². The van der Waals surface area contributed by atoms with Gasteiger partial charge >= 0.3 is 5.97 Å². The van der Waals surface area contributed by atoms with Crippen molar-refractivity contribution in [2.45, 2.75) is 6.10 Å². The predicted octanol–water partition coefficient (Wildman–Crippen LogP) is -0.121. The Bertz CT molecular complexity index is 473. The zero-order valence-corrected chi connectivity index (χ0v) is 10.5. The molecule has 1 amide bonds. The molecule has 0 heterocycles. The number of amides is 1. The molecule has 1 aromatic carbocycles. The molecule has 7 nitrogen and oxygen atoms in total. The summed E-state index contributed by atoms with van der Waals surface area (Å²) in [6.45, 7) is -0.386. The van der Waals surface area contributed by atoms with Crippen molar-refractivity contribution in [3.8, 4) is 11.5 Å². The molecule has 0 fully saturated rings. The highest BCUT2D eigenvalue weighted by Crippen LogP contribution is 2.24. The van der Waals surface area contributed by atoms with Crippen LogP contribution in [0.5, 0.6) is 11.5 Å². The van der Waals surface area contributed by atoms with Crippen molar-refractivity contribution < 1.29 is 29.3 Å². The molecule has 7 heteroatoms. The molecule has 0 saturated heterocycles. The average molecular weight is 269 g/mol. The smallest absolute Gasteiger partial charge is 0.334 e. The Balaban J connectivity index is 2.79. The molecule has 0 aliphatic rings. The third-order valence-corrected chi connectivity index (χ3v) is 2.39. The van der Waals surface area contributed by atoms with E-state index in [4.69, 9.17) is 19.7 Å². The van der Waals surface area contributed by atoms with E-state index in [2.05, 4.69) is 5.32 Å². The molecule has 0 unspecified atom stereocenters. The molecular weight excluding hydrogens is 254 g/mol. The normalized spacial score (nSPS) is 11.5. The largest absolute Gasteiger partial charge is 0.497 e. The summed E-state index contributed by atoms with van der Waals surface area (Å²) in [7, 11) is 2.88. The molecule has 1 aromatic rings. The number of carboxylic acid groups (broad SMARTS) is 1. The highest BCUT2D eigenvalue weighted by atomic mass is 16.5. The first kappa shape index (κ1) is 14.8. The zero-order chi connectivity index (χ0) is 14.4. The van der Waals surface area contributed by atoms with Crippen molar-refractivity contribution >= 4 is 11.9 Å². The molecule has 0 radical (unpaired) electrons. The van der Waals surface area contributed by atoms with E-state index < -0.39 is 18.0 Å². The third kappa shape index (κ3) is 3.85. The van der Waals surface area contributed by atoms with Gasteiger partial charge in [-0.1, -0.05) is 0 Å². The minimum atomic E-state index is -1.65. The van der Waals surface area contributed by atoms with E-state index in [0.29, 0.717) is 11.5 Å². The topological polar surface area (TPSA) is 105 Å². The van der Waals surface area contributed by atoms with Crippen LogP contribution >= 0.6 is 0 Å². The van der Waals surface area contributed by atoms with Gasteiger partial charge < -0.3 is 25.0 Å². The molecule has 0 spiro atoms. The number of hydrogen-bond acceptors (Lipinski definition) is 5. The van der Waals surface area contributed by atoms with Gasteiger partial charge in [0.1, 0.15) is 11.5 Å². The van der Waals surface area contributed by atoms with E-state index in [0.717, 1.165) is 0 Å². The van der Waals surface area contributed by atoms with Crippen LogP contribution in [0.25, 0.3) is 0 Å². The van der Waals surface area contributed by atoms with E-state index in [1.807, 2.05) is 0 Å². The Morgan fingerprint density at radius 2 is 2.00 bits per heavy atom. The summed E-state index contributed by atoms with van der Waals surface area (Å²) in [6.07, 6.45) is -1.65. The van der Waals surface area contributed by atoms with Crippen LogP contribution in [0.1, 0.15) is 10.4 Å². The number of aliphatic hydroxyl groups excluding tert-OH is 1. The Morgan fingerprint density at radius 3 is 2.53 bits per heavy atom. The van der Waals surface area contributed by atoms with Gasteiger partial charge in [-0.2, -0.15) is 0 Å². The maximum absolute atomic E-state index is 11.8. The highest BCUT2D eigenvalue weighted by molar-refractivity contribution is 5.97. The van der Waals surface area contributed by atoms with E-state index in [1.165, 1.54) is 26.4 Å². The lowest BCUT2D eigenvalue weighted by Crippen LogP contribution is -2.36. The second-order valence-corrected chi connectivity index (χ2v) is 3.63. The number of carbonyl (C=O) groups is 2. The molecule has 0 bridgehead atoms. The minimum Gasteiger partial charge on any atom is -0.497 e. The zero-order valence-electron chi connectivity index (χ0n) is 10.5. The third-order valence-electron chi connectivity index (χ3n) is 2.39. The average Bonchev–Trinajstić information content (AvgIpc) is 2.43. The maximum atomic E-state index is 11.8. The number of benzene rings is 1. The monoisotopic (exact) mass is 269 g/mol. The molecule has 1 rings (SSSR count). The van der Waals surface area contributed by atoms with Crippen LogP contribution in [0, 0.1) is 0 Å². The highest BCUT2D eigenvalue weighted by Gasteiger charge is 2.17. The van der Waals surface area contributed by atoms with E-state index >= 15 is 0 Å². The summed E-state index contributed by atoms with van der Waals surface area (Å²) in [5.41, 5.74) is 0.223. The predicted molar refractivity (Wildman–Crippen MR) is 65.5 cm³/mol. The molecule has 0 saturated carbocycles. The molecule has 3 N–H and O–H groups in total. The Kier molecular flexibility index (Phi) is 5.13. The number of methoxy groups -OCH3 is 2. The van der Waals surface area contributed by atoms with Gasteiger partial charge in [-0.05, 0) is 12.1 Å². The SMILES string of the molecule is COc1ccc(C(=O)NC[C@H](O)C(=O)O)c(OC)c1. The molecular formula is C12H15NO6. The lowest BCUT2D eigenvalue weighted by Gasteiger charge is -2.11. The van der Waals surface area contributed by atoms with Crippen molar-refractivity contribution in [2.75, 3.05) is 20.8 Å². The van der Waals surface area contributed by atoms with E-state index in [-0.39, 0.29) is 12.1 Å². The summed E-state index contributed by atoms with van der Waals surface area (Å²) in [4.78, 5) is 22.2. The van der Waals surface area contributed by atoms with Crippen LogP contribution in [-0.4, -0.2) is 49.0 Å². The quantitative estimate of drug-likeness (QED) is 0.665. The molecule has 104 valence electrons. The minimum absolute atomic E-state index is 0.223. The Labute approximate surface area is 109 Å². The maximum Gasteiger partial charge on any atom is 0.334 e. The summed E-state index contributed by atoms with van der Waals surface area (Å²) >= 11 is 0. The fourth-order valence-electron chi connectivity index (χ4n) is 1.36. The first-order chi connectivity index (χ1) is 8.99. The number of aliphatic hydroxyl groups is 1. The number of nitrogens with one attached hydrogen (secondary N) is 1. The number of rotatable bonds is 6. The van der Waals surface area contributed by atoms with Crippen LogP contribution < -0.4 is 14.8 Å². The van der Waals surface area contributed by atoms with E-state index in [9.17, 15) is 9.59 Å². The number of carboxylic acids is 1. The van der Waals surface area contributed by atoms with Crippen LogP contribution in [-0.2, 0) is 4.79 Å². The number of aliphatic carboxylic acids is 1. The molecule has 0 aliphatic carbocycles. The van der Waals surface area contributed by atoms with Crippen LogP contribution in [0.3, 0.4) is 0 Å². The van der Waals surface area contributed by atoms with Gasteiger partial charge in [-0.3, -0.25) is 4.79 Å². The summed E-state index contributed by atoms with van der Waals surface area (Å²) < 4.78 is 10.0. The summed E-state index contributed by atoms with van der Waals surface area (Å²) in [5.74, 6) is -1.12. The number of carbonyl (C=O) groups excluding carboxylic acids is 1. The van der Waals surface area contributed by atoms with Crippen LogP contribution in [0.4, 0.5) is 0 Å². The second-order valence-electron chi connectivity index (χ2n) is 3.63. The first-order valence-electron chi connectivity index (χ1n) is 5.40. The van der Waals surface area contributed by atoms with Crippen LogP contribution in [0.2, 0.25) is 0 Å². The van der Waals surface area contributed by atoms with Crippen LogP contribution in [0.15, 0.2) is 18.2 Å². The van der Waals surface area contributed by atoms with Crippen molar-refractivity contribution in [2.24, 2.45) is 0 Å². The fraction of sp³-hybridized carbons (Fsp3) is 0.333. The Hall–Kier alpha value is -2.28. The molecule has 19 heavy (non-hydrogen) atoms. The van der Waals surface area contributed by atoms with Gasteiger partial charge in [-0.15, -0.1) is 0 Å². The molecule has 0 aliphatic heterocycles. The number of hydrogen-bond donors (Lipinski definition) is 3. The van der Waals surface area contributed by atoms with Gasteiger partial charge in [0.15, 0.2) is 6.10 Å². The Morgan fingerprint density at radius 1 is 1.32 bits per heavy atom. The van der Waals surface area contributed by atoms with E-state index in [1.54, 1.807) is 6.07 Å². The summed E-state index contributed by atoms with van der Waals surface area (Å²) in [6, 6.07) is 4.59. The molecule has 1 atom stereocenters. The van der Waals surface area contributed by atoms with Crippen molar-refractivity contribution in [1.82, 2.24) is 5.32 Å². The fourth-order valence-corrected chi connectivity index (χ4v) is 1.36. The van der Waals surface area contributed by atoms with Gasteiger partial charge in [0, 0.05) is 6.07 Å². The van der Waals surface area contributed by atoms with Gasteiger partial charge in [0.05, 0.1) is 26.3 Å². The summed E-state index contributed by atoms with van der Waals surface area (Å²) in [5, 5.41) is 19.9. The standard InChI is InChI=1S/C12H15NO6/c1-18-7-3-4-8(10(5-7)19-2)11(15)13-6-9(14)12(16)17/h3-5,9,14H,6H2,1-2H3,(H,13,15)(H,16,17)/t9-/m0/s1. The lowest BCUT2D eigenvalue weighted by molar-refractivity contribution is -0.146. The van der Waals surface area contributed by atoms with Crippen molar-refractivity contribution in [1.29, 1.82) is 0 Å².